The van der Waals surface area contributed by atoms with Gasteiger partial charge in [-0.15, -0.1) is 0 Å². The van der Waals surface area contributed by atoms with Crippen molar-refractivity contribution >= 4 is 5.65 Å². The summed E-state index contributed by atoms with van der Waals surface area (Å²) in [4.78, 5) is 4.31. The molecular weight excluding hydrogens is 174 g/mol. The quantitative estimate of drug-likeness (QED) is 0.797. The number of pyridine rings is 1. The normalized spacial score (nSPS) is 13.3. The first kappa shape index (κ1) is 9.21. The van der Waals surface area contributed by atoms with E-state index in [0.717, 1.165) is 18.5 Å². The van der Waals surface area contributed by atoms with Crippen molar-refractivity contribution in [2.75, 3.05) is 0 Å². The minimum Gasteiger partial charge on any atom is -0.327 e. The zero-order chi connectivity index (χ0) is 9.97. The van der Waals surface area contributed by atoms with Crippen molar-refractivity contribution < 1.29 is 0 Å². The molecule has 0 aliphatic carbocycles. The first-order valence-electron chi connectivity index (χ1n) is 4.98. The van der Waals surface area contributed by atoms with E-state index >= 15 is 0 Å². The predicted octanol–water partition coefficient (Wildman–Crippen LogP) is 1.61. The van der Waals surface area contributed by atoms with Crippen LogP contribution in [-0.2, 0) is 6.42 Å². The highest BCUT2D eigenvalue weighted by Crippen LogP contribution is 2.08. The van der Waals surface area contributed by atoms with Gasteiger partial charge < -0.3 is 10.1 Å². The fourth-order valence-corrected chi connectivity index (χ4v) is 1.55. The third kappa shape index (κ3) is 1.63. The summed E-state index contributed by atoms with van der Waals surface area (Å²) in [7, 11) is 0. The summed E-state index contributed by atoms with van der Waals surface area (Å²) in [6.07, 6.45) is 5.83. The topological polar surface area (TPSA) is 43.3 Å². The molecule has 0 saturated heterocycles. The van der Waals surface area contributed by atoms with Gasteiger partial charge in [0, 0.05) is 30.6 Å². The smallest absolute Gasteiger partial charge is 0.136 e. The lowest BCUT2D eigenvalue weighted by Crippen LogP contribution is -2.22. The predicted molar refractivity (Wildman–Crippen MR) is 57.2 cm³/mol. The Labute approximate surface area is 83.6 Å². The number of hydrogen-bond donors (Lipinski definition) is 1. The summed E-state index contributed by atoms with van der Waals surface area (Å²) >= 11 is 0. The second-order valence-corrected chi connectivity index (χ2v) is 3.55. The molecule has 2 heterocycles. The van der Waals surface area contributed by atoms with Crippen molar-refractivity contribution in [3.8, 4) is 0 Å². The molecule has 2 rings (SSSR count). The summed E-state index contributed by atoms with van der Waals surface area (Å²) in [5, 5.41) is 0. The average molecular weight is 189 g/mol. The molecule has 0 bridgehead atoms. The first-order valence-corrected chi connectivity index (χ1v) is 4.98. The molecule has 0 aliphatic heterocycles. The van der Waals surface area contributed by atoms with E-state index in [9.17, 15) is 0 Å². The van der Waals surface area contributed by atoms with Crippen LogP contribution in [0, 0.1) is 0 Å². The number of aromatic nitrogens is 2. The molecule has 0 radical (unpaired) electrons. The molecule has 3 nitrogen and oxygen atoms in total. The van der Waals surface area contributed by atoms with Crippen molar-refractivity contribution in [3.63, 3.8) is 0 Å². The fourth-order valence-electron chi connectivity index (χ4n) is 1.55. The number of hydrogen-bond acceptors (Lipinski definition) is 2. The van der Waals surface area contributed by atoms with Gasteiger partial charge in [0.05, 0.1) is 0 Å². The second-order valence-electron chi connectivity index (χ2n) is 3.55. The maximum atomic E-state index is 5.91. The monoisotopic (exact) mass is 189 g/mol. The number of fused-ring (bicyclic) bond motifs is 1. The number of imidazole rings is 1. The van der Waals surface area contributed by atoms with Crippen LogP contribution in [0.5, 0.6) is 0 Å². The SMILES string of the molecule is CC[C@H](N)Cc1cnc2ccccn12. The van der Waals surface area contributed by atoms with Gasteiger partial charge in [0.1, 0.15) is 5.65 Å². The van der Waals surface area contributed by atoms with Gasteiger partial charge in [0.2, 0.25) is 0 Å². The summed E-state index contributed by atoms with van der Waals surface area (Å²) in [5.74, 6) is 0. The minimum atomic E-state index is 0.232. The summed E-state index contributed by atoms with van der Waals surface area (Å²) in [6, 6.07) is 6.23. The molecule has 74 valence electrons. The van der Waals surface area contributed by atoms with Crippen LogP contribution in [0.15, 0.2) is 30.6 Å². The van der Waals surface area contributed by atoms with Crippen molar-refractivity contribution in [2.45, 2.75) is 25.8 Å². The first-order chi connectivity index (χ1) is 6.81. The third-order valence-electron chi connectivity index (χ3n) is 2.49. The van der Waals surface area contributed by atoms with Crippen LogP contribution in [0.2, 0.25) is 0 Å². The van der Waals surface area contributed by atoms with Gasteiger partial charge in [-0.25, -0.2) is 4.98 Å². The molecular formula is C11H15N3. The van der Waals surface area contributed by atoms with Crippen LogP contribution < -0.4 is 5.73 Å². The van der Waals surface area contributed by atoms with E-state index in [2.05, 4.69) is 16.3 Å². The Hall–Kier alpha value is -1.35. The van der Waals surface area contributed by atoms with E-state index < -0.39 is 0 Å². The van der Waals surface area contributed by atoms with E-state index in [1.807, 2.05) is 30.6 Å². The Balaban J connectivity index is 2.33. The van der Waals surface area contributed by atoms with Crippen molar-refractivity contribution in [1.82, 2.24) is 9.38 Å². The Kier molecular flexibility index (Phi) is 2.50. The van der Waals surface area contributed by atoms with E-state index in [-0.39, 0.29) is 6.04 Å². The molecule has 0 amide bonds. The molecule has 0 unspecified atom stereocenters. The summed E-state index contributed by atoms with van der Waals surface area (Å²) in [6.45, 7) is 2.11. The van der Waals surface area contributed by atoms with Crippen molar-refractivity contribution in [2.24, 2.45) is 5.73 Å². The van der Waals surface area contributed by atoms with Crippen LogP contribution >= 0.6 is 0 Å². The molecule has 0 spiro atoms. The lowest BCUT2D eigenvalue weighted by atomic mass is 10.1. The Bertz CT molecular complexity index is 419. The largest absolute Gasteiger partial charge is 0.327 e. The number of nitrogens with zero attached hydrogens (tertiary/aromatic N) is 2. The van der Waals surface area contributed by atoms with Gasteiger partial charge in [-0.05, 0) is 18.6 Å². The van der Waals surface area contributed by atoms with Gasteiger partial charge in [-0.2, -0.15) is 0 Å². The highest BCUT2D eigenvalue weighted by atomic mass is 15.0. The van der Waals surface area contributed by atoms with E-state index in [1.54, 1.807) is 0 Å². The van der Waals surface area contributed by atoms with Crippen LogP contribution in [-0.4, -0.2) is 15.4 Å². The standard InChI is InChI=1S/C11H15N3/c1-2-9(12)7-10-8-13-11-5-3-4-6-14(10)11/h3-6,8-9H,2,7,12H2,1H3/t9-/m0/s1. The summed E-state index contributed by atoms with van der Waals surface area (Å²) < 4.78 is 2.09. The Morgan fingerprint density at radius 3 is 3.14 bits per heavy atom. The molecule has 0 saturated carbocycles. The fraction of sp³-hybridized carbons (Fsp3) is 0.364. The highest BCUT2D eigenvalue weighted by Gasteiger charge is 2.06. The number of nitrogens with two attached hydrogens (primary N) is 1. The van der Waals surface area contributed by atoms with E-state index in [1.165, 1.54) is 5.69 Å². The van der Waals surface area contributed by atoms with Gasteiger partial charge in [-0.1, -0.05) is 13.0 Å². The Morgan fingerprint density at radius 2 is 2.36 bits per heavy atom. The lowest BCUT2D eigenvalue weighted by Gasteiger charge is -2.07. The minimum absolute atomic E-state index is 0.232. The van der Waals surface area contributed by atoms with Gasteiger partial charge in [0.25, 0.3) is 0 Å². The highest BCUT2D eigenvalue weighted by molar-refractivity contribution is 5.39. The van der Waals surface area contributed by atoms with Gasteiger partial charge in [-0.3, -0.25) is 0 Å². The molecule has 3 heteroatoms. The third-order valence-corrected chi connectivity index (χ3v) is 2.49. The molecule has 0 aromatic carbocycles. The molecule has 2 N–H and O–H groups in total. The average Bonchev–Trinajstić information content (AvgIpc) is 2.62. The van der Waals surface area contributed by atoms with E-state index in [4.69, 9.17) is 5.73 Å². The zero-order valence-electron chi connectivity index (χ0n) is 8.35. The molecule has 0 aliphatic rings. The van der Waals surface area contributed by atoms with Crippen LogP contribution in [0.4, 0.5) is 0 Å². The van der Waals surface area contributed by atoms with Crippen molar-refractivity contribution in [1.29, 1.82) is 0 Å². The summed E-state index contributed by atoms with van der Waals surface area (Å²) in [5.41, 5.74) is 8.10. The van der Waals surface area contributed by atoms with Crippen LogP contribution in [0.3, 0.4) is 0 Å². The maximum Gasteiger partial charge on any atom is 0.136 e. The maximum absolute atomic E-state index is 5.91. The van der Waals surface area contributed by atoms with E-state index in [0.29, 0.717) is 0 Å². The zero-order valence-corrected chi connectivity index (χ0v) is 8.35. The van der Waals surface area contributed by atoms with Crippen LogP contribution in [0.25, 0.3) is 5.65 Å². The van der Waals surface area contributed by atoms with Crippen molar-refractivity contribution in [3.05, 3.63) is 36.3 Å². The number of rotatable bonds is 3. The molecule has 2 aromatic heterocycles. The lowest BCUT2D eigenvalue weighted by molar-refractivity contribution is 0.634. The Morgan fingerprint density at radius 1 is 1.50 bits per heavy atom. The van der Waals surface area contributed by atoms with Gasteiger partial charge >= 0.3 is 0 Å². The molecule has 0 fully saturated rings. The second kappa shape index (κ2) is 3.80. The molecule has 2 aromatic rings. The molecule has 1 atom stereocenters. The van der Waals surface area contributed by atoms with Gasteiger partial charge in [0.15, 0.2) is 0 Å². The van der Waals surface area contributed by atoms with Crippen LogP contribution in [0.1, 0.15) is 19.0 Å². The molecule has 14 heavy (non-hydrogen) atoms.